The first-order valence-electron chi connectivity index (χ1n) is 6.69. The quantitative estimate of drug-likeness (QED) is 0.448. The minimum Gasteiger partial charge on any atom is -0.468 e. The molecule has 124 valence electrons. The molecule has 7 heteroatoms. The predicted molar refractivity (Wildman–Crippen MR) is 84.1 cm³/mol. The molecule has 0 saturated heterocycles. The molecule has 0 aliphatic heterocycles. The maximum absolute atomic E-state index is 12.5. The van der Waals surface area contributed by atoms with Gasteiger partial charge >= 0.3 is 11.9 Å². The number of benzene rings is 1. The first kappa shape index (κ1) is 18.6. The summed E-state index contributed by atoms with van der Waals surface area (Å²) in [6.45, 7) is 2.78. The molecule has 1 rings (SSSR count). The summed E-state index contributed by atoms with van der Waals surface area (Å²) in [4.78, 5) is 22.6. The van der Waals surface area contributed by atoms with Crippen molar-refractivity contribution >= 4 is 21.8 Å². The minimum atomic E-state index is -3.93. The van der Waals surface area contributed by atoms with Crippen molar-refractivity contribution in [2.75, 3.05) is 7.11 Å². The normalized spacial score (nSPS) is 13.6. The smallest absolute Gasteiger partial charge is 0.328 e. The van der Waals surface area contributed by atoms with E-state index in [9.17, 15) is 18.0 Å². The van der Waals surface area contributed by atoms with Gasteiger partial charge in [-0.3, -0.25) is 9.59 Å². The Morgan fingerprint density at radius 2 is 1.74 bits per heavy atom. The molecular weight excluding hydrogens is 320 g/mol. The molecule has 1 aromatic rings. The molecule has 0 N–H and O–H groups in total. The fourth-order valence-electron chi connectivity index (χ4n) is 1.73. The molecule has 1 aromatic carbocycles. The van der Waals surface area contributed by atoms with Crippen LogP contribution >= 0.6 is 0 Å². The maximum Gasteiger partial charge on any atom is 0.328 e. The average molecular weight is 338 g/mol. The highest BCUT2D eigenvalue weighted by molar-refractivity contribution is 7.93. The van der Waals surface area contributed by atoms with Gasteiger partial charge in [0.05, 0.1) is 12.0 Å². The van der Waals surface area contributed by atoms with Crippen LogP contribution in [0.2, 0.25) is 0 Å². The number of ether oxygens (including phenoxy) is 2. The fourth-order valence-corrected chi connectivity index (χ4v) is 3.21. The van der Waals surface area contributed by atoms with Crippen molar-refractivity contribution in [3.05, 3.63) is 54.3 Å². The van der Waals surface area contributed by atoms with Crippen molar-refractivity contribution < 1.29 is 27.5 Å². The molecule has 6 nitrogen and oxygen atoms in total. The van der Waals surface area contributed by atoms with E-state index in [2.05, 4.69) is 4.74 Å². The Morgan fingerprint density at radius 3 is 2.26 bits per heavy atom. The second-order valence-corrected chi connectivity index (χ2v) is 6.63. The van der Waals surface area contributed by atoms with Crippen LogP contribution in [0.3, 0.4) is 0 Å². The highest BCUT2D eigenvalue weighted by Gasteiger charge is 2.32. The summed E-state index contributed by atoms with van der Waals surface area (Å²) in [6.07, 6.45) is 3.90. The second kappa shape index (κ2) is 8.28. The third kappa shape index (κ3) is 5.37. The van der Waals surface area contributed by atoms with Gasteiger partial charge in [-0.05, 0) is 25.1 Å². The van der Waals surface area contributed by atoms with Gasteiger partial charge in [0.25, 0.3) is 0 Å². The van der Waals surface area contributed by atoms with Crippen molar-refractivity contribution in [2.24, 2.45) is 0 Å². The largest absolute Gasteiger partial charge is 0.468 e. The van der Waals surface area contributed by atoms with Crippen LogP contribution in [-0.4, -0.2) is 32.7 Å². The van der Waals surface area contributed by atoms with Crippen molar-refractivity contribution in [1.82, 2.24) is 0 Å². The van der Waals surface area contributed by atoms with Gasteiger partial charge in [0.1, 0.15) is 5.76 Å². The van der Waals surface area contributed by atoms with Crippen LogP contribution < -0.4 is 0 Å². The SMILES string of the molecule is COC(=O)C(/C=C\C=C(/C)OC(C)=O)S(=O)(=O)c1ccccc1. The molecule has 1 atom stereocenters. The second-order valence-electron chi connectivity index (χ2n) is 4.56. The van der Waals surface area contributed by atoms with Crippen LogP contribution in [0.15, 0.2) is 59.2 Å². The Balaban J connectivity index is 3.12. The molecule has 0 fully saturated rings. The number of methoxy groups -OCH3 is 1. The van der Waals surface area contributed by atoms with E-state index in [4.69, 9.17) is 4.74 Å². The zero-order valence-electron chi connectivity index (χ0n) is 13.1. The van der Waals surface area contributed by atoms with Crippen LogP contribution in [0.1, 0.15) is 13.8 Å². The lowest BCUT2D eigenvalue weighted by Crippen LogP contribution is -2.29. The number of hydrogen-bond acceptors (Lipinski definition) is 6. The van der Waals surface area contributed by atoms with Crippen molar-refractivity contribution in [1.29, 1.82) is 0 Å². The molecule has 0 aliphatic carbocycles. The van der Waals surface area contributed by atoms with Crippen molar-refractivity contribution in [2.45, 2.75) is 24.0 Å². The topological polar surface area (TPSA) is 86.7 Å². The molecule has 0 heterocycles. The van der Waals surface area contributed by atoms with Gasteiger partial charge in [0, 0.05) is 6.92 Å². The Morgan fingerprint density at radius 1 is 1.13 bits per heavy atom. The number of allylic oxidation sites excluding steroid dienone is 3. The maximum atomic E-state index is 12.5. The van der Waals surface area contributed by atoms with E-state index in [1.807, 2.05) is 0 Å². The lowest BCUT2D eigenvalue weighted by molar-refractivity contribution is -0.139. The van der Waals surface area contributed by atoms with E-state index in [0.717, 1.165) is 7.11 Å². The third-order valence-electron chi connectivity index (χ3n) is 2.76. The van der Waals surface area contributed by atoms with Crippen LogP contribution in [-0.2, 0) is 28.9 Å². The summed E-state index contributed by atoms with van der Waals surface area (Å²) in [6, 6.07) is 7.61. The highest BCUT2D eigenvalue weighted by Crippen LogP contribution is 2.18. The number of rotatable bonds is 6. The van der Waals surface area contributed by atoms with Crippen LogP contribution in [0, 0.1) is 0 Å². The summed E-state index contributed by atoms with van der Waals surface area (Å²) >= 11 is 0. The Labute approximate surface area is 135 Å². The number of carbonyl (C=O) groups is 2. The lowest BCUT2D eigenvalue weighted by Gasteiger charge is -2.11. The summed E-state index contributed by atoms with van der Waals surface area (Å²) in [5, 5.41) is -1.49. The van der Waals surface area contributed by atoms with Gasteiger partial charge in [-0.1, -0.05) is 30.4 Å². The zero-order valence-corrected chi connectivity index (χ0v) is 13.9. The van der Waals surface area contributed by atoms with Crippen LogP contribution in [0.4, 0.5) is 0 Å². The van der Waals surface area contributed by atoms with Crippen molar-refractivity contribution in [3.8, 4) is 0 Å². The molecule has 0 amide bonds. The number of hydrogen-bond donors (Lipinski definition) is 0. The summed E-state index contributed by atoms with van der Waals surface area (Å²) < 4.78 is 34.4. The number of esters is 2. The first-order chi connectivity index (χ1) is 10.8. The number of carbonyl (C=O) groups excluding carboxylic acids is 2. The van der Waals surface area contributed by atoms with Crippen LogP contribution in [0.5, 0.6) is 0 Å². The average Bonchev–Trinajstić information content (AvgIpc) is 2.50. The van der Waals surface area contributed by atoms with E-state index in [1.165, 1.54) is 44.2 Å². The van der Waals surface area contributed by atoms with Gasteiger partial charge in [0.2, 0.25) is 0 Å². The monoisotopic (exact) mass is 338 g/mol. The standard InChI is InChI=1S/C16H18O6S/c1-12(22-13(2)17)8-7-11-15(16(18)21-3)23(19,20)14-9-5-4-6-10-14/h4-11,15H,1-3H3/b11-7-,12-8+. The van der Waals surface area contributed by atoms with Gasteiger partial charge < -0.3 is 9.47 Å². The molecule has 0 saturated carbocycles. The molecular formula is C16H18O6S. The number of sulfone groups is 1. The first-order valence-corrected chi connectivity index (χ1v) is 8.24. The summed E-state index contributed by atoms with van der Waals surface area (Å²) in [7, 11) is -2.82. The summed E-state index contributed by atoms with van der Waals surface area (Å²) in [5.41, 5.74) is 0. The molecule has 1 unspecified atom stereocenters. The Bertz CT molecular complexity index is 716. The van der Waals surface area contributed by atoms with E-state index < -0.39 is 27.0 Å². The van der Waals surface area contributed by atoms with Gasteiger partial charge in [0.15, 0.2) is 15.1 Å². The zero-order chi connectivity index (χ0) is 17.5. The highest BCUT2D eigenvalue weighted by atomic mass is 32.2. The molecule has 0 aliphatic rings. The van der Waals surface area contributed by atoms with Gasteiger partial charge in [-0.15, -0.1) is 0 Å². The molecule has 0 spiro atoms. The van der Waals surface area contributed by atoms with Gasteiger partial charge in [-0.2, -0.15) is 0 Å². The van der Waals surface area contributed by atoms with Crippen molar-refractivity contribution in [3.63, 3.8) is 0 Å². The van der Waals surface area contributed by atoms with E-state index in [-0.39, 0.29) is 10.7 Å². The minimum absolute atomic E-state index is 0.0146. The third-order valence-corrected chi connectivity index (χ3v) is 4.71. The Hall–Kier alpha value is -2.41. The predicted octanol–water partition coefficient (Wildman–Crippen LogP) is 2.02. The fraction of sp³-hybridized carbons (Fsp3) is 0.250. The van der Waals surface area contributed by atoms with E-state index in [1.54, 1.807) is 18.2 Å². The molecule has 0 radical (unpaired) electrons. The molecule has 23 heavy (non-hydrogen) atoms. The Kier molecular flexibility index (Phi) is 6.71. The summed E-state index contributed by atoms with van der Waals surface area (Å²) in [5.74, 6) is -1.12. The lowest BCUT2D eigenvalue weighted by atomic mass is 10.3. The van der Waals surface area contributed by atoms with Crippen LogP contribution in [0.25, 0.3) is 0 Å². The van der Waals surface area contributed by atoms with Gasteiger partial charge in [-0.25, -0.2) is 8.42 Å². The van der Waals surface area contributed by atoms with E-state index in [0.29, 0.717) is 0 Å². The van der Waals surface area contributed by atoms with E-state index >= 15 is 0 Å². The molecule has 0 aromatic heterocycles. The molecule has 0 bridgehead atoms.